The molecule has 0 aromatic heterocycles. The highest BCUT2D eigenvalue weighted by atomic mass is 32.2. The van der Waals surface area contributed by atoms with Gasteiger partial charge in [-0.2, -0.15) is 0 Å². The van der Waals surface area contributed by atoms with E-state index in [1.54, 1.807) is 0 Å². The fraction of sp³-hybridized carbons (Fsp3) is 0.400. The van der Waals surface area contributed by atoms with Gasteiger partial charge in [-0.25, -0.2) is 0 Å². The third-order valence-corrected chi connectivity index (χ3v) is 2.84. The molecule has 12 heavy (non-hydrogen) atoms. The molecular formula is C10H15NS. The van der Waals surface area contributed by atoms with Gasteiger partial charge in [-0.05, 0) is 25.1 Å². The van der Waals surface area contributed by atoms with Crippen LogP contribution >= 0.6 is 11.8 Å². The molecule has 2 heteroatoms. The van der Waals surface area contributed by atoms with Crippen LogP contribution < -0.4 is 5.73 Å². The lowest BCUT2D eigenvalue weighted by Crippen LogP contribution is -2.06. The lowest BCUT2D eigenvalue weighted by Gasteiger charge is -2.08. The monoisotopic (exact) mass is 181 g/mol. The number of nitrogens with two attached hydrogens (primary N) is 1. The summed E-state index contributed by atoms with van der Waals surface area (Å²) in [4.78, 5) is 1.33. The quantitative estimate of drug-likeness (QED) is 0.722. The largest absolute Gasteiger partial charge is 0.330 e. The maximum absolute atomic E-state index is 5.47. The molecule has 0 saturated heterocycles. The first kappa shape index (κ1) is 9.62. The maximum Gasteiger partial charge on any atom is 0.00780 e. The molecule has 1 aromatic carbocycles. The second-order valence-electron chi connectivity index (χ2n) is 2.82. The summed E-state index contributed by atoms with van der Waals surface area (Å²) >= 11 is 1.89. The standard InChI is InChI=1S/C10H15NS/c1-9(7-8-11)12-10-5-3-2-4-6-10/h2-6,9H,7-8,11H2,1H3/t9-/m1/s1. The third kappa shape index (κ3) is 3.28. The average molecular weight is 181 g/mol. The van der Waals surface area contributed by atoms with Crippen molar-refractivity contribution in [3.63, 3.8) is 0 Å². The molecule has 0 saturated carbocycles. The normalized spacial score (nSPS) is 12.8. The summed E-state index contributed by atoms with van der Waals surface area (Å²) in [6.07, 6.45) is 1.08. The van der Waals surface area contributed by atoms with Crippen LogP contribution in [0.15, 0.2) is 35.2 Å². The summed E-state index contributed by atoms with van der Waals surface area (Å²) in [7, 11) is 0. The van der Waals surface area contributed by atoms with Crippen LogP contribution in [0.1, 0.15) is 13.3 Å². The summed E-state index contributed by atoms with van der Waals surface area (Å²) in [5, 5.41) is 0.623. The van der Waals surface area contributed by atoms with Crippen molar-refractivity contribution in [1.82, 2.24) is 0 Å². The van der Waals surface area contributed by atoms with Gasteiger partial charge in [0.25, 0.3) is 0 Å². The molecule has 0 aliphatic carbocycles. The highest BCUT2D eigenvalue weighted by molar-refractivity contribution is 7.99. The van der Waals surface area contributed by atoms with Gasteiger partial charge in [0.1, 0.15) is 0 Å². The van der Waals surface area contributed by atoms with Gasteiger partial charge in [0.05, 0.1) is 0 Å². The predicted molar refractivity (Wildman–Crippen MR) is 55.4 cm³/mol. The van der Waals surface area contributed by atoms with E-state index < -0.39 is 0 Å². The number of hydrogen-bond acceptors (Lipinski definition) is 2. The highest BCUT2D eigenvalue weighted by Crippen LogP contribution is 2.23. The van der Waals surface area contributed by atoms with Crippen molar-refractivity contribution < 1.29 is 0 Å². The van der Waals surface area contributed by atoms with Gasteiger partial charge in [-0.3, -0.25) is 0 Å². The molecule has 1 nitrogen and oxygen atoms in total. The summed E-state index contributed by atoms with van der Waals surface area (Å²) in [5.74, 6) is 0. The predicted octanol–water partition coefficient (Wildman–Crippen LogP) is 2.52. The minimum Gasteiger partial charge on any atom is -0.330 e. The molecule has 0 aliphatic heterocycles. The van der Waals surface area contributed by atoms with Crippen molar-refractivity contribution in [2.45, 2.75) is 23.5 Å². The minimum absolute atomic E-state index is 0.623. The van der Waals surface area contributed by atoms with E-state index in [1.807, 2.05) is 17.8 Å². The van der Waals surface area contributed by atoms with E-state index in [0.29, 0.717) is 5.25 Å². The first-order valence-electron chi connectivity index (χ1n) is 4.24. The van der Waals surface area contributed by atoms with Crippen molar-refractivity contribution in [3.8, 4) is 0 Å². The van der Waals surface area contributed by atoms with E-state index in [0.717, 1.165) is 13.0 Å². The zero-order valence-electron chi connectivity index (χ0n) is 7.36. The topological polar surface area (TPSA) is 26.0 Å². The number of benzene rings is 1. The Labute approximate surface area is 78.4 Å². The Hall–Kier alpha value is -0.470. The molecule has 0 bridgehead atoms. The molecular weight excluding hydrogens is 166 g/mol. The van der Waals surface area contributed by atoms with E-state index in [2.05, 4.69) is 31.2 Å². The highest BCUT2D eigenvalue weighted by Gasteiger charge is 2.01. The lowest BCUT2D eigenvalue weighted by molar-refractivity contribution is 0.823. The Morgan fingerprint density at radius 1 is 1.33 bits per heavy atom. The fourth-order valence-corrected chi connectivity index (χ4v) is 2.06. The first-order chi connectivity index (χ1) is 5.83. The van der Waals surface area contributed by atoms with E-state index in [-0.39, 0.29) is 0 Å². The van der Waals surface area contributed by atoms with Crippen LogP contribution in [0.5, 0.6) is 0 Å². The zero-order chi connectivity index (χ0) is 8.81. The second-order valence-corrected chi connectivity index (χ2v) is 4.33. The van der Waals surface area contributed by atoms with Crippen molar-refractivity contribution >= 4 is 11.8 Å². The van der Waals surface area contributed by atoms with Gasteiger partial charge in [-0.1, -0.05) is 25.1 Å². The Balaban J connectivity index is 2.41. The summed E-state index contributed by atoms with van der Waals surface area (Å²) in [5.41, 5.74) is 5.47. The van der Waals surface area contributed by atoms with Gasteiger partial charge in [0.2, 0.25) is 0 Å². The molecule has 0 heterocycles. The molecule has 1 aromatic rings. The molecule has 0 aliphatic rings. The van der Waals surface area contributed by atoms with Crippen molar-refractivity contribution in [3.05, 3.63) is 30.3 Å². The van der Waals surface area contributed by atoms with Crippen LogP contribution in [-0.2, 0) is 0 Å². The SMILES string of the molecule is C[C@H](CCN)Sc1ccccc1. The summed E-state index contributed by atoms with van der Waals surface area (Å²) in [6.45, 7) is 2.99. The van der Waals surface area contributed by atoms with Crippen LogP contribution in [0.2, 0.25) is 0 Å². The molecule has 0 unspecified atom stereocenters. The van der Waals surface area contributed by atoms with E-state index in [9.17, 15) is 0 Å². The van der Waals surface area contributed by atoms with E-state index >= 15 is 0 Å². The van der Waals surface area contributed by atoms with Crippen molar-refractivity contribution in [1.29, 1.82) is 0 Å². The molecule has 0 amide bonds. The van der Waals surface area contributed by atoms with Crippen molar-refractivity contribution in [2.75, 3.05) is 6.54 Å². The fourth-order valence-electron chi connectivity index (χ4n) is 1.03. The van der Waals surface area contributed by atoms with Gasteiger partial charge in [0, 0.05) is 10.1 Å². The van der Waals surface area contributed by atoms with Gasteiger partial charge < -0.3 is 5.73 Å². The minimum atomic E-state index is 0.623. The Kier molecular flexibility index (Phi) is 4.19. The van der Waals surface area contributed by atoms with Crippen LogP contribution in [-0.4, -0.2) is 11.8 Å². The van der Waals surface area contributed by atoms with Gasteiger partial charge in [0.15, 0.2) is 0 Å². The van der Waals surface area contributed by atoms with Crippen LogP contribution in [0, 0.1) is 0 Å². The first-order valence-corrected chi connectivity index (χ1v) is 5.12. The van der Waals surface area contributed by atoms with Crippen LogP contribution in [0.3, 0.4) is 0 Å². The third-order valence-electron chi connectivity index (χ3n) is 1.65. The molecule has 0 spiro atoms. The number of rotatable bonds is 4. The Morgan fingerprint density at radius 3 is 2.58 bits per heavy atom. The molecule has 0 fully saturated rings. The van der Waals surface area contributed by atoms with Crippen LogP contribution in [0.4, 0.5) is 0 Å². The Morgan fingerprint density at radius 2 is 2.00 bits per heavy atom. The van der Waals surface area contributed by atoms with Gasteiger partial charge in [-0.15, -0.1) is 11.8 Å². The average Bonchev–Trinajstić information content (AvgIpc) is 2.06. The lowest BCUT2D eigenvalue weighted by atomic mass is 10.3. The van der Waals surface area contributed by atoms with Crippen molar-refractivity contribution in [2.24, 2.45) is 5.73 Å². The second kappa shape index (κ2) is 5.22. The van der Waals surface area contributed by atoms with Gasteiger partial charge >= 0.3 is 0 Å². The summed E-state index contributed by atoms with van der Waals surface area (Å²) in [6, 6.07) is 10.4. The number of hydrogen-bond donors (Lipinski definition) is 1. The number of thioether (sulfide) groups is 1. The molecule has 66 valence electrons. The molecule has 2 N–H and O–H groups in total. The smallest absolute Gasteiger partial charge is 0.00780 e. The Bertz CT molecular complexity index is 210. The maximum atomic E-state index is 5.47. The molecule has 1 atom stereocenters. The molecule has 0 radical (unpaired) electrons. The summed E-state index contributed by atoms with van der Waals surface area (Å²) < 4.78 is 0. The van der Waals surface area contributed by atoms with E-state index in [4.69, 9.17) is 5.73 Å². The van der Waals surface area contributed by atoms with E-state index in [1.165, 1.54) is 4.90 Å². The zero-order valence-corrected chi connectivity index (χ0v) is 8.18. The van der Waals surface area contributed by atoms with Crippen LogP contribution in [0.25, 0.3) is 0 Å². The molecule has 1 rings (SSSR count).